The number of imide groups is 1. The minimum atomic E-state index is -0.449. The van der Waals surface area contributed by atoms with E-state index < -0.39 is 6.04 Å². The van der Waals surface area contributed by atoms with Crippen molar-refractivity contribution < 1.29 is 14.4 Å². The van der Waals surface area contributed by atoms with Gasteiger partial charge in [0, 0.05) is 18.7 Å². The molecule has 1 aliphatic carbocycles. The van der Waals surface area contributed by atoms with Gasteiger partial charge >= 0.3 is 0 Å². The van der Waals surface area contributed by atoms with Crippen LogP contribution < -0.4 is 15.5 Å². The van der Waals surface area contributed by atoms with Crippen molar-refractivity contribution >= 4 is 29.1 Å². The molecule has 0 spiro atoms. The molecule has 0 bridgehead atoms. The van der Waals surface area contributed by atoms with Crippen molar-refractivity contribution in [3.05, 3.63) is 24.3 Å². The molecule has 2 aliphatic rings. The lowest BCUT2D eigenvalue weighted by Crippen LogP contribution is -2.48. The molecule has 3 amide bonds. The van der Waals surface area contributed by atoms with Crippen molar-refractivity contribution in [1.82, 2.24) is 5.32 Å². The highest BCUT2D eigenvalue weighted by Gasteiger charge is 2.41. The van der Waals surface area contributed by atoms with Crippen LogP contribution >= 0.6 is 0 Å². The zero-order chi connectivity index (χ0) is 18.8. The number of carbonyl (C=O) groups excluding carboxylic acids is 3. The zero-order valence-corrected chi connectivity index (χ0v) is 15.6. The number of nitrogens with zero attached hydrogens (tertiary/aromatic N) is 1. The third-order valence-electron chi connectivity index (χ3n) is 5.71. The summed E-state index contributed by atoms with van der Waals surface area (Å²) in [6, 6.07) is 6.60. The molecule has 4 atom stereocenters. The molecule has 2 N–H and O–H groups in total. The molecule has 0 radical (unpaired) electrons. The van der Waals surface area contributed by atoms with Crippen molar-refractivity contribution in [3.63, 3.8) is 0 Å². The molecule has 1 saturated heterocycles. The largest absolute Gasteiger partial charge is 0.326 e. The highest BCUT2D eigenvalue weighted by molar-refractivity contribution is 6.22. The topological polar surface area (TPSA) is 78.5 Å². The Morgan fingerprint density at radius 1 is 1.12 bits per heavy atom. The summed E-state index contributed by atoms with van der Waals surface area (Å²) in [7, 11) is 0. The van der Waals surface area contributed by atoms with E-state index in [2.05, 4.69) is 24.5 Å². The Hall–Kier alpha value is -2.21. The Labute approximate surface area is 154 Å². The summed E-state index contributed by atoms with van der Waals surface area (Å²) in [4.78, 5) is 37.6. The summed E-state index contributed by atoms with van der Waals surface area (Å²) >= 11 is 0. The van der Waals surface area contributed by atoms with Crippen molar-refractivity contribution in [2.75, 3.05) is 10.2 Å². The highest BCUT2D eigenvalue weighted by Crippen LogP contribution is 2.31. The van der Waals surface area contributed by atoms with Crippen molar-refractivity contribution in [2.45, 2.75) is 58.5 Å². The van der Waals surface area contributed by atoms with E-state index in [0.29, 0.717) is 23.2 Å². The van der Waals surface area contributed by atoms with E-state index in [1.165, 1.54) is 18.2 Å². The number of anilines is 2. The number of benzene rings is 1. The molecule has 6 nitrogen and oxygen atoms in total. The van der Waals surface area contributed by atoms with Gasteiger partial charge in [0.05, 0.1) is 18.2 Å². The molecular formula is C20H27N3O3. The molecule has 1 aliphatic heterocycles. The lowest BCUT2D eigenvalue weighted by atomic mass is 9.78. The quantitative estimate of drug-likeness (QED) is 0.812. The average molecular weight is 357 g/mol. The second-order valence-corrected chi connectivity index (χ2v) is 7.59. The summed E-state index contributed by atoms with van der Waals surface area (Å²) < 4.78 is 0. The van der Waals surface area contributed by atoms with Gasteiger partial charge in [0.2, 0.25) is 11.8 Å². The van der Waals surface area contributed by atoms with Gasteiger partial charge in [-0.2, -0.15) is 0 Å². The standard InChI is InChI=1S/C20H27N3O3/c1-12-5-4-6-17(13(12)2)22-18-11-19(25)23(20(18)26)16-9-7-15(8-10-16)21-14(3)24/h7-10,12-13,17-18,22H,4-6,11H2,1-3H3,(H,21,24)/t12-,13-,17-,18+/m1/s1. The van der Waals surface area contributed by atoms with Gasteiger partial charge in [-0.05, 0) is 42.5 Å². The molecule has 2 fully saturated rings. The average Bonchev–Trinajstić information content (AvgIpc) is 2.86. The summed E-state index contributed by atoms with van der Waals surface area (Å²) in [5.74, 6) is 0.596. The van der Waals surface area contributed by atoms with Crippen LogP contribution in [0.5, 0.6) is 0 Å². The number of nitrogens with one attached hydrogen (secondary N) is 2. The molecule has 3 rings (SSSR count). The molecule has 0 unspecified atom stereocenters. The molecule has 6 heteroatoms. The van der Waals surface area contributed by atoms with Crippen LogP contribution in [0, 0.1) is 11.8 Å². The fraction of sp³-hybridized carbons (Fsp3) is 0.550. The van der Waals surface area contributed by atoms with Crippen LogP contribution in [-0.4, -0.2) is 29.8 Å². The van der Waals surface area contributed by atoms with Crippen molar-refractivity contribution in [2.24, 2.45) is 11.8 Å². The van der Waals surface area contributed by atoms with E-state index in [4.69, 9.17) is 0 Å². The van der Waals surface area contributed by atoms with Crippen LogP contribution in [0.2, 0.25) is 0 Å². The van der Waals surface area contributed by atoms with Crippen LogP contribution in [0.4, 0.5) is 11.4 Å². The molecule has 1 aromatic carbocycles. The maximum atomic E-state index is 12.8. The van der Waals surface area contributed by atoms with Crippen molar-refractivity contribution in [1.29, 1.82) is 0 Å². The van der Waals surface area contributed by atoms with Gasteiger partial charge in [0.15, 0.2) is 0 Å². The van der Waals surface area contributed by atoms with E-state index in [1.807, 2.05) is 0 Å². The number of amides is 3. The smallest absolute Gasteiger partial charge is 0.251 e. The predicted octanol–water partition coefficient (Wildman–Crippen LogP) is 2.69. The fourth-order valence-electron chi connectivity index (χ4n) is 4.01. The van der Waals surface area contributed by atoms with E-state index in [0.717, 1.165) is 12.8 Å². The van der Waals surface area contributed by atoms with Gasteiger partial charge in [-0.25, -0.2) is 4.90 Å². The number of carbonyl (C=O) groups is 3. The predicted molar refractivity (Wildman–Crippen MR) is 101 cm³/mol. The molecular weight excluding hydrogens is 330 g/mol. The third-order valence-corrected chi connectivity index (χ3v) is 5.71. The monoisotopic (exact) mass is 357 g/mol. The minimum absolute atomic E-state index is 0.161. The van der Waals surface area contributed by atoms with Gasteiger partial charge in [-0.3, -0.25) is 14.4 Å². The number of rotatable bonds is 4. The lowest BCUT2D eigenvalue weighted by molar-refractivity contribution is -0.122. The summed E-state index contributed by atoms with van der Waals surface area (Å²) in [5.41, 5.74) is 1.18. The lowest BCUT2D eigenvalue weighted by Gasteiger charge is -2.36. The van der Waals surface area contributed by atoms with Gasteiger partial charge < -0.3 is 10.6 Å². The van der Waals surface area contributed by atoms with Crippen LogP contribution in [0.1, 0.15) is 46.5 Å². The van der Waals surface area contributed by atoms with Crippen molar-refractivity contribution in [3.8, 4) is 0 Å². The Balaban J connectivity index is 1.69. The van der Waals surface area contributed by atoms with Crippen LogP contribution in [0.25, 0.3) is 0 Å². The summed E-state index contributed by atoms with van der Waals surface area (Å²) in [6.07, 6.45) is 3.63. The van der Waals surface area contributed by atoms with E-state index in [1.54, 1.807) is 24.3 Å². The number of hydrogen-bond donors (Lipinski definition) is 2. The first-order chi connectivity index (χ1) is 12.4. The molecule has 26 heavy (non-hydrogen) atoms. The minimum Gasteiger partial charge on any atom is -0.326 e. The Morgan fingerprint density at radius 2 is 1.81 bits per heavy atom. The molecule has 1 saturated carbocycles. The maximum absolute atomic E-state index is 12.8. The van der Waals surface area contributed by atoms with Gasteiger partial charge in [0.25, 0.3) is 5.91 Å². The van der Waals surface area contributed by atoms with Crippen LogP contribution in [0.3, 0.4) is 0 Å². The summed E-state index contributed by atoms with van der Waals surface area (Å²) in [6.45, 7) is 5.91. The fourth-order valence-corrected chi connectivity index (χ4v) is 4.01. The first kappa shape index (κ1) is 18.6. The maximum Gasteiger partial charge on any atom is 0.251 e. The second kappa shape index (κ2) is 7.58. The van der Waals surface area contributed by atoms with E-state index >= 15 is 0 Å². The normalized spacial score (nSPS) is 29.1. The summed E-state index contributed by atoms with van der Waals surface area (Å²) in [5, 5.41) is 6.12. The number of hydrogen-bond acceptors (Lipinski definition) is 4. The Kier molecular flexibility index (Phi) is 5.41. The third kappa shape index (κ3) is 3.80. The Morgan fingerprint density at radius 3 is 2.46 bits per heavy atom. The molecule has 0 aromatic heterocycles. The molecule has 140 valence electrons. The highest BCUT2D eigenvalue weighted by atomic mass is 16.2. The molecule has 1 aromatic rings. The first-order valence-corrected chi connectivity index (χ1v) is 9.37. The van der Waals surface area contributed by atoms with E-state index in [-0.39, 0.29) is 30.2 Å². The van der Waals surface area contributed by atoms with Gasteiger partial charge in [-0.15, -0.1) is 0 Å². The van der Waals surface area contributed by atoms with E-state index in [9.17, 15) is 14.4 Å². The van der Waals surface area contributed by atoms with Gasteiger partial charge in [-0.1, -0.05) is 26.7 Å². The SMILES string of the molecule is CC(=O)Nc1ccc(N2C(=O)C[C@H](N[C@@H]3CCC[C@@H](C)[C@H]3C)C2=O)cc1. The van der Waals surface area contributed by atoms with Crippen LogP contribution in [-0.2, 0) is 14.4 Å². The van der Waals surface area contributed by atoms with Crippen LogP contribution in [0.15, 0.2) is 24.3 Å². The first-order valence-electron chi connectivity index (χ1n) is 9.37. The Bertz CT molecular complexity index is 701. The van der Waals surface area contributed by atoms with Gasteiger partial charge in [0.1, 0.15) is 0 Å². The molecule has 1 heterocycles. The zero-order valence-electron chi connectivity index (χ0n) is 15.6. The second-order valence-electron chi connectivity index (χ2n) is 7.59.